The SMILES string of the molecule is Cc1cnccc1NCC(O)CC(C)C. The van der Waals surface area contributed by atoms with Crippen LogP contribution >= 0.6 is 0 Å². The lowest BCUT2D eigenvalue weighted by Gasteiger charge is -2.15. The van der Waals surface area contributed by atoms with Crippen molar-refractivity contribution in [1.29, 1.82) is 0 Å². The molecular weight excluding hydrogens is 188 g/mol. The van der Waals surface area contributed by atoms with Gasteiger partial charge >= 0.3 is 0 Å². The number of aliphatic hydroxyl groups excluding tert-OH is 1. The highest BCUT2D eigenvalue weighted by molar-refractivity contribution is 5.48. The maximum atomic E-state index is 9.69. The van der Waals surface area contributed by atoms with Gasteiger partial charge in [0.05, 0.1) is 6.10 Å². The third-order valence-corrected chi connectivity index (χ3v) is 2.29. The van der Waals surface area contributed by atoms with E-state index in [0.717, 1.165) is 17.7 Å². The zero-order valence-electron chi connectivity index (χ0n) is 9.70. The summed E-state index contributed by atoms with van der Waals surface area (Å²) in [6, 6.07) is 1.93. The summed E-state index contributed by atoms with van der Waals surface area (Å²) in [6.45, 7) is 6.83. The van der Waals surface area contributed by atoms with Gasteiger partial charge in [0.1, 0.15) is 0 Å². The van der Waals surface area contributed by atoms with Gasteiger partial charge in [0.25, 0.3) is 0 Å². The average molecular weight is 208 g/mol. The van der Waals surface area contributed by atoms with Crippen LogP contribution in [0.4, 0.5) is 5.69 Å². The number of aliphatic hydroxyl groups is 1. The first-order chi connectivity index (χ1) is 7.09. The fourth-order valence-corrected chi connectivity index (χ4v) is 1.53. The summed E-state index contributed by atoms with van der Waals surface area (Å²) in [5, 5.41) is 12.9. The third kappa shape index (κ3) is 4.30. The van der Waals surface area contributed by atoms with E-state index in [1.807, 2.05) is 19.2 Å². The lowest BCUT2D eigenvalue weighted by molar-refractivity contribution is 0.161. The van der Waals surface area contributed by atoms with Crippen molar-refractivity contribution in [1.82, 2.24) is 4.98 Å². The predicted molar refractivity (Wildman–Crippen MR) is 62.9 cm³/mol. The maximum absolute atomic E-state index is 9.69. The van der Waals surface area contributed by atoms with Gasteiger partial charge in [-0.1, -0.05) is 13.8 Å². The molecule has 0 aliphatic rings. The first-order valence-electron chi connectivity index (χ1n) is 5.42. The molecule has 3 nitrogen and oxygen atoms in total. The van der Waals surface area contributed by atoms with Crippen LogP contribution in [0.2, 0.25) is 0 Å². The number of anilines is 1. The van der Waals surface area contributed by atoms with Gasteiger partial charge in [0, 0.05) is 24.6 Å². The molecule has 15 heavy (non-hydrogen) atoms. The first-order valence-corrected chi connectivity index (χ1v) is 5.42. The second-order valence-electron chi connectivity index (χ2n) is 4.35. The smallest absolute Gasteiger partial charge is 0.0715 e. The Morgan fingerprint density at radius 3 is 2.80 bits per heavy atom. The van der Waals surface area contributed by atoms with Crippen molar-refractivity contribution in [2.24, 2.45) is 5.92 Å². The van der Waals surface area contributed by atoms with E-state index in [1.165, 1.54) is 0 Å². The molecule has 1 heterocycles. The zero-order valence-corrected chi connectivity index (χ0v) is 9.70. The van der Waals surface area contributed by atoms with E-state index in [-0.39, 0.29) is 6.10 Å². The molecular formula is C12H20N2O. The minimum absolute atomic E-state index is 0.280. The topological polar surface area (TPSA) is 45.2 Å². The number of pyridine rings is 1. The molecule has 1 rings (SSSR count). The van der Waals surface area contributed by atoms with Gasteiger partial charge in [-0.25, -0.2) is 0 Å². The Bertz CT molecular complexity index is 299. The lowest BCUT2D eigenvalue weighted by Crippen LogP contribution is -2.21. The van der Waals surface area contributed by atoms with Gasteiger partial charge in [-0.3, -0.25) is 4.98 Å². The quantitative estimate of drug-likeness (QED) is 0.779. The molecule has 1 aromatic rings. The van der Waals surface area contributed by atoms with E-state index < -0.39 is 0 Å². The summed E-state index contributed by atoms with van der Waals surface area (Å²) in [7, 11) is 0. The molecule has 1 aromatic heterocycles. The summed E-state index contributed by atoms with van der Waals surface area (Å²) in [5.74, 6) is 0.528. The van der Waals surface area contributed by atoms with Crippen molar-refractivity contribution in [3.05, 3.63) is 24.0 Å². The van der Waals surface area contributed by atoms with E-state index in [4.69, 9.17) is 0 Å². The normalized spacial score (nSPS) is 12.9. The molecule has 0 fully saturated rings. The predicted octanol–water partition coefficient (Wildman–Crippen LogP) is 2.21. The molecule has 1 unspecified atom stereocenters. The lowest BCUT2D eigenvalue weighted by atomic mass is 10.1. The number of hydrogen-bond donors (Lipinski definition) is 2. The number of nitrogens with zero attached hydrogens (tertiary/aromatic N) is 1. The first kappa shape index (κ1) is 12.0. The van der Waals surface area contributed by atoms with Crippen LogP contribution in [-0.4, -0.2) is 22.7 Å². The monoisotopic (exact) mass is 208 g/mol. The van der Waals surface area contributed by atoms with Crippen LogP contribution in [-0.2, 0) is 0 Å². The third-order valence-electron chi connectivity index (χ3n) is 2.29. The highest BCUT2D eigenvalue weighted by atomic mass is 16.3. The van der Waals surface area contributed by atoms with Gasteiger partial charge in [-0.2, -0.15) is 0 Å². The zero-order chi connectivity index (χ0) is 11.3. The van der Waals surface area contributed by atoms with Gasteiger partial charge in [-0.05, 0) is 30.9 Å². The molecule has 0 aliphatic heterocycles. The van der Waals surface area contributed by atoms with Gasteiger partial charge in [0.15, 0.2) is 0 Å². The van der Waals surface area contributed by atoms with Crippen molar-refractivity contribution in [2.75, 3.05) is 11.9 Å². The maximum Gasteiger partial charge on any atom is 0.0715 e. The summed E-state index contributed by atoms with van der Waals surface area (Å²) in [6.07, 6.45) is 4.12. The van der Waals surface area contributed by atoms with E-state index in [9.17, 15) is 5.11 Å². The number of aromatic nitrogens is 1. The molecule has 3 heteroatoms. The second-order valence-corrected chi connectivity index (χ2v) is 4.35. The number of hydrogen-bond acceptors (Lipinski definition) is 3. The fraction of sp³-hybridized carbons (Fsp3) is 0.583. The van der Waals surface area contributed by atoms with E-state index in [2.05, 4.69) is 24.1 Å². The molecule has 1 atom stereocenters. The van der Waals surface area contributed by atoms with Crippen LogP contribution in [0.5, 0.6) is 0 Å². The van der Waals surface area contributed by atoms with Crippen LogP contribution < -0.4 is 5.32 Å². The molecule has 0 saturated carbocycles. The Morgan fingerprint density at radius 1 is 1.47 bits per heavy atom. The van der Waals surface area contributed by atoms with Crippen molar-refractivity contribution < 1.29 is 5.11 Å². The summed E-state index contributed by atoms with van der Waals surface area (Å²) < 4.78 is 0. The molecule has 0 aliphatic carbocycles. The standard InChI is InChI=1S/C12H20N2O/c1-9(2)6-11(15)8-14-12-4-5-13-7-10(12)3/h4-5,7,9,11,15H,6,8H2,1-3H3,(H,13,14). The largest absolute Gasteiger partial charge is 0.391 e. The second kappa shape index (κ2) is 5.71. The Hall–Kier alpha value is -1.09. The number of rotatable bonds is 5. The van der Waals surface area contributed by atoms with Gasteiger partial charge in [-0.15, -0.1) is 0 Å². The van der Waals surface area contributed by atoms with Crippen LogP contribution in [0, 0.1) is 12.8 Å². The van der Waals surface area contributed by atoms with Crippen molar-refractivity contribution in [3.8, 4) is 0 Å². The van der Waals surface area contributed by atoms with Crippen LogP contribution in [0.3, 0.4) is 0 Å². The number of nitrogens with one attached hydrogen (secondary N) is 1. The average Bonchev–Trinajstić information content (AvgIpc) is 2.15. The highest BCUT2D eigenvalue weighted by Gasteiger charge is 2.06. The minimum Gasteiger partial charge on any atom is -0.391 e. The highest BCUT2D eigenvalue weighted by Crippen LogP contribution is 2.12. The Balaban J connectivity index is 2.40. The Morgan fingerprint density at radius 2 is 2.20 bits per heavy atom. The summed E-state index contributed by atoms with van der Waals surface area (Å²) >= 11 is 0. The van der Waals surface area contributed by atoms with Crippen molar-refractivity contribution in [3.63, 3.8) is 0 Å². The van der Waals surface area contributed by atoms with E-state index in [0.29, 0.717) is 12.5 Å². The molecule has 84 valence electrons. The Kier molecular flexibility index (Phi) is 4.56. The minimum atomic E-state index is -0.280. The molecule has 0 aromatic carbocycles. The number of aryl methyl sites for hydroxylation is 1. The van der Waals surface area contributed by atoms with Crippen molar-refractivity contribution in [2.45, 2.75) is 33.3 Å². The van der Waals surface area contributed by atoms with Gasteiger partial charge in [0.2, 0.25) is 0 Å². The summed E-state index contributed by atoms with van der Waals surface area (Å²) in [4.78, 5) is 4.02. The molecule has 0 bridgehead atoms. The van der Waals surface area contributed by atoms with Gasteiger partial charge < -0.3 is 10.4 Å². The van der Waals surface area contributed by atoms with E-state index >= 15 is 0 Å². The molecule has 0 saturated heterocycles. The molecule has 0 amide bonds. The summed E-state index contributed by atoms with van der Waals surface area (Å²) in [5.41, 5.74) is 2.15. The molecule has 0 radical (unpaired) electrons. The van der Waals surface area contributed by atoms with Crippen LogP contribution in [0.15, 0.2) is 18.5 Å². The molecule has 0 spiro atoms. The Labute approximate surface area is 91.5 Å². The van der Waals surface area contributed by atoms with Crippen molar-refractivity contribution >= 4 is 5.69 Å². The molecule has 2 N–H and O–H groups in total. The van der Waals surface area contributed by atoms with E-state index in [1.54, 1.807) is 6.20 Å². The fourth-order valence-electron chi connectivity index (χ4n) is 1.53. The van der Waals surface area contributed by atoms with Crippen LogP contribution in [0.25, 0.3) is 0 Å². The van der Waals surface area contributed by atoms with Crippen LogP contribution in [0.1, 0.15) is 25.8 Å².